The number of rotatable bonds is 14. The Morgan fingerprint density at radius 2 is 2.04 bits per heavy atom. The number of unbranched alkanes of at least 4 members (excludes halogenated alkanes) is 2. The van der Waals surface area contributed by atoms with E-state index in [-0.39, 0.29) is 12.3 Å². The predicted octanol–water partition coefficient (Wildman–Crippen LogP) is 2.44. The van der Waals surface area contributed by atoms with Crippen molar-refractivity contribution >= 4 is 16.0 Å². The number of hydrogen-bond acceptors (Lipinski definition) is 5. The number of ether oxygens (including phenoxy) is 1. The predicted molar refractivity (Wildman–Crippen MR) is 104 cm³/mol. The van der Waals surface area contributed by atoms with Crippen molar-refractivity contribution in [1.82, 2.24) is 10.0 Å². The fourth-order valence-corrected chi connectivity index (χ4v) is 4.10. The minimum Gasteiger partial charge on any atom is -0.493 e. The molecule has 1 aromatic rings. The maximum absolute atomic E-state index is 13.9. The molecule has 0 aromatic heterocycles. The van der Waals surface area contributed by atoms with Gasteiger partial charge in [-0.2, -0.15) is 0 Å². The van der Waals surface area contributed by atoms with Gasteiger partial charge in [-0.3, -0.25) is 4.79 Å². The van der Waals surface area contributed by atoms with Crippen LogP contribution < -0.4 is 14.8 Å². The van der Waals surface area contributed by atoms with Gasteiger partial charge in [0.25, 0.3) is 0 Å². The van der Waals surface area contributed by atoms with Gasteiger partial charge in [-0.25, -0.2) is 17.5 Å². The summed E-state index contributed by atoms with van der Waals surface area (Å²) in [5.41, 5.74) is 0.521. The molecule has 0 radical (unpaired) electrons. The SMILES string of the molecule is CC(NS(=O)(=O)CCCCCNCC(=O)O)c1cc(F)cc(OCC2CC2)c1. The van der Waals surface area contributed by atoms with Crippen LogP contribution in [0.1, 0.15) is 50.6 Å². The number of carboxylic acid groups (broad SMARTS) is 1. The molecule has 0 heterocycles. The number of carbonyl (C=O) groups is 1. The Kier molecular flexibility index (Phi) is 8.65. The minimum absolute atomic E-state index is 0.0311. The average Bonchev–Trinajstić information content (AvgIpc) is 3.42. The van der Waals surface area contributed by atoms with E-state index >= 15 is 0 Å². The number of hydrogen-bond donors (Lipinski definition) is 3. The molecule has 1 fully saturated rings. The van der Waals surface area contributed by atoms with Gasteiger partial charge in [0, 0.05) is 12.1 Å². The fourth-order valence-electron chi connectivity index (χ4n) is 2.73. The third-order valence-corrected chi connectivity index (χ3v) is 6.01. The number of halogens is 1. The molecular formula is C19H29FN2O5S. The lowest BCUT2D eigenvalue weighted by atomic mass is 10.1. The Morgan fingerprint density at radius 1 is 1.29 bits per heavy atom. The number of aliphatic carboxylic acids is 1. The van der Waals surface area contributed by atoms with Crippen molar-refractivity contribution in [3.8, 4) is 5.75 Å². The van der Waals surface area contributed by atoms with Crippen molar-refractivity contribution in [3.63, 3.8) is 0 Å². The Morgan fingerprint density at radius 3 is 2.71 bits per heavy atom. The zero-order valence-corrected chi connectivity index (χ0v) is 16.9. The fraction of sp³-hybridized carbons (Fsp3) is 0.632. The van der Waals surface area contributed by atoms with Crippen molar-refractivity contribution in [2.75, 3.05) is 25.4 Å². The molecule has 2 rings (SSSR count). The molecular weight excluding hydrogens is 387 g/mol. The molecule has 1 saturated carbocycles. The molecule has 0 amide bonds. The highest BCUT2D eigenvalue weighted by Gasteiger charge is 2.22. The quantitative estimate of drug-likeness (QED) is 0.403. The molecule has 0 aliphatic heterocycles. The summed E-state index contributed by atoms with van der Waals surface area (Å²) in [6.45, 7) is 2.66. The highest BCUT2D eigenvalue weighted by molar-refractivity contribution is 7.89. The summed E-state index contributed by atoms with van der Waals surface area (Å²) in [6.07, 6.45) is 4.10. The summed E-state index contributed by atoms with van der Waals surface area (Å²) >= 11 is 0. The molecule has 158 valence electrons. The maximum Gasteiger partial charge on any atom is 0.317 e. The highest BCUT2D eigenvalue weighted by atomic mass is 32.2. The lowest BCUT2D eigenvalue weighted by Crippen LogP contribution is -2.29. The molecule has 1 aliphatic rings. The van der Waals surface area contributed by atoms with E-state index in [1.165, 1.54) is 12.1 Å². The number of nitrogens with one attached hydrogen (secondary N) is 2. The van der Waals surface area contributed by atoms with Gasteiger partial charge in [-0.1, -0.05) is 6.42 Å². The molecule has 0 bridgehead atoms. The molecule has 28 heavy (non-hydrogen) atoms. The second-order valence-corrected chi connectivity index (χ2v) is 9.14. The molecule has 0 spiro atoms. The standard InChI is InChI=1S/C19H29FN2O5S/c1-14(16-9-17(20)11-18(10-16)27-13-15-5-6-15)22-28(25,26)8-4-2-3-7-21-12-19(23)24/h9-11,14-15,21-22H,2-8,12-13H2,1H3,(H,23,24). The van der Waals surface area contributed by atoms with Crippen LogP contribution in [-0.4, -0.2) is 44.9 Å². The minimum atomic E-state index is -3.50. The van der Waals surface area contributed by atoms with E-state index in [2.05, 4.69) is 10.0 Å². The van der Waals surface area contributed by atoms with Crippen LogP contribution in [0.25, 0.3) is 0 Å². The zero-order chi connectivity index (χ0) is 20.6. The van der Waals surface area contributed by atoms with Crippen molar-refractivity contribution in [2.45, 2.75) is 45.1 Å². The van der Waals surface area contributed by atoms with Crippen LogP contribution in [0, 0.1) is 11.7 Å². The normalized spacial score (nSPS) is 15.4. The Bertz CT molecular complexity index is 753. The molecule has 3 N–H and O–H groups in total. The molecule has 1 aliphatic carbocycles. The summed E-state index contributed by atoms with van der Waals surface area (Å²) in [6, 6.07) is 3.73. The first-order valence-corrected chi connectivity index (χ1v) is 11.3. The topological polar surface area (TPSA) is 105 Å². The van der Waals surface area contributed by atoms with Gasteiger partial charge in [0.2, 0.25) is 10.0 Å². The van der Waals surface area contributed by atoms with Gasteiger partial charge in [0.05, 0.1) is 18.9 Å². The first kappa shape index (κ1) is 22.6. The van der Waals surface area contributed by atoms with Crippen LogP contribution in [0.2, 0.25) is 0 Å². The summed E-state index contributed by atoms with van der Waals surface area (Å²) in [7, 11) is -3.50. The third kappa shape index (κ3) is 8.99. The Hall–Kier alpha value is -1.71. The van der Waals surface area contributed by atoms with Gasteiger partial charge in [-0.05, 0) is 62.8 Å². The van der Waals surface area contributed by atoms with E-state index in [0.29, 0.717) is 49.6 Å². The van der Waals surface area contributed by atoms with Crippen LogP contribution in [0.15, 0.2) is 18.2 Å². The number of benzene rings is 1. The van der Waals surface area contributed by atoms with E-state index in [4.69, 9.17) is 9.84 Å². The summed E-state index contributed by atoms with van der Waals surface area (Å²) in [5.74, 6) is -0.442. The molecule has 0 saturated heterocycles. The van der Waals surface area contributed by atoms with E-state index in [1.54, 1.807) is 13.0 Å². The van der Waals surface area contributed by atoms with Crippen molar-refractivity contribution < 1.29 is 27.4 Å². The molecule has 7 nitrogen and oxygen atoms in total. The van der Waals surface area contributed by atoms with Crippen LogP contribution in [0.4, 0.5) is 4.39 Å². The third-order valence-electron chi connectivity index (χ3n) is 4.48. The lowest BCUT2D eigenvalue weighted by molar-refractivity contribution is -0.135. The molecule has 1 atom stereocenters. The van der Waals surface area contributed by atoms with E-state index in [0.717, 1.165) is 12.8 Å². The lowest BCUT2D eigenvalue weighted by Gasteiger charge is -2.16. The monoisotopic (exact) mass is 416 g/mol. The molecule has 1 unspecified atom stereocenters. The second-order valence-electron chi connectivity index (χ2n) is 7.26. The molecule has 1 aromatic carbocycles. The number of carboxylic acids is 1. The average molecular weight is 417 g/mol. The summed E-state index contributed by atoms with van der Waals surface area (Å²) in [5, 5.41) is 11.3. The maximum atomic E-state index is 13.9. The first-order chi connectivity index (χ1) is 13.2. The van der Waals surface area contributed by atoms with E-state index < -0.39 is 27.9 Å². The molecule has 9 heteroatoms. The van der Waals surface area contributed by atoms with Crippen LogP contribution in [-0.2, 0) is 14.8 Å². The summed E-state index contributed by atoms with van der Waals surface area (Å²) in [4.78, 5) is 10.4. The van der Waals surface area contributed by atoms with E-state index in [9.17, 15) is 17.6 Å². The van der Waals surface area contributed by atoms with Gasteiger partial charge in [-0.15, -0.1) is 0 Å². The Labute approximate surface area is 165 Å². The van der Waals surface area contributed by atoms with Crippen LogP contribution in [0.3, 0.4) is 0 Å². The largest absolute Gasteiger partial charge is 0.493 e. The van der Waals surface area contributed by atoms with Crippen LogP contribution in [0.5, 0.6) is 5.75 Å². The van der Waals surface area contributed by atoms with Gasteiger partial charge < -0.3 is 15.2 Å². The zero-order valence-electron chi connectivity index (χ0n) is 16.1. The number of sulfonamides is 1. The first-order valence-electron chi connectivity index (χ1n) is 9.61. The highest BCUT2D eigenvalue weighted by Crippen LogP contribution is 2.30. The van der Waals surface area contributed by atoms with Crippen molar-refractivity contribution in [3.05, 3.63) is 29.6 Å². The van der Waals surface area contributed by atoms with Crippen LogP contribution >= 0.6 is 0 Å². The summed E-state index contributed by atoms with van der Waals surface area (Å²) < 4.78 is 46.5. The smallest absolute Gasteiger partial charge is 0.317 e. The Balaban J connectivity index is 1.76. The van der Waals surface area contributed by atoms with E-state index in [1.807, 2.05) is 0 Å². The van der Waals surface area contributed by atoms with Crippen molar-refractivity contribution in [1.29, 1.82) is 0 Å². The van der Waals surface area contributed by atoms with Crippen molar-refractivity contribution in [2.24, 2.45) is 5.92 Å². The van der Waals surface area contributed by atoms with Gasteiger partial charge in [0.1, 0.15) is 11.6 Å². The van der Waals surface area contributed by atoms with Gasteiger partial charge in [0.15, 0.2) is 0 Å². The second kappa shape index (κ2) is 10.7. The van der Waals surface area contributed by atoms with Gasteiger partial charge >= 0.3 is 5.97 Å².